The van der Waals surface area contributed by atoms with Crippen molar-refractivity contribution in [3.63, 3.8) is 0 Å². The summed E-state index contributed by atoms with van der Waals surface area (Å²) in [6.45, 7) is 7.16. The van der Waals surface area contributed by atoms with Gasteiger partial charge in [0.2, 0.25) is 0 Å². The first kappa shape index (κ1) is 14.0. The van der Waals surface area contributed by atoms with E-state index in [1.807, 2.05) is 0 Å². The summed E-state index contributed by atoms with van der Waals surface area (Å²) in [7, 11) is 0. The van der Waals surface area contributed by atoms with E-state index in [2.05, 4.69) is 11.8 Å². The zero-order valence-corrected chi connectivity index (χ0v) is 11.1. The average Bonchev–Trinajstić information content (AvgIpc) is 2.56. The Morgan fingerprint density at radius 1 is 1.06 bits per heavy atom. The quantitative estimate of drug-likeness (QED) is 0.723. The lowest BCUT2D eigenvalue weighted by molar-refractivity contribution is 0.267. The summed E-state index contributed by atoms with van der Waals surface area (Å²) < 4.78 is 0. The fourth-order valence-electron chi connectivity index (χ4n) is 2.75. The van der Waals surface area contributed by atoms with Crippen molar-refractivity contribution < 1.29 is 0 Å². The Kier molecular flexibility index (Phi) is 7.87. The third kappa shape index (κ3) is 5.86. The number of nitrogens with zero attached hydrogens (tertiary/aromatic N) is 1. The minimum absolute atomic E-state index is 0.863. The van der Waals surface area contributed by atoms with Crippen molar-refractivity contribution in [2.45, 2.75) is 58.3 Å². The van der Waals surface area contributed by atoms with Gasteiger partial charge in [-0.1, -0.05) is 26.2 Å². The molecule has 0 aromatic rings. The standard InChI is InChI=1S/C14H30N2/c1-2-14(9-10-15)8-7-13-16-11-5-3-4-6-12-16/h14H,2-13,15H2,1H3. The second-order valence-corrected chi connectivity index (χ2v) is 5.25. The minimum atomic E-state index is 0.863. The fraction of sp³-hybridized carbons (Fsp3) is 1.00. The van der Waals surface area contributed by atoms with Gasteiger partial charge in [0, 0.05) is 0 Å². The topological polar surface area (TPSA) is 29.3 Å². The van der Waals surface area contributed by atoms with Gasteiger partial charge in [-0.05, 0) is 64.2 Å². The molecule has 2 heteroatoms. The fourth-order valence-corrected chi connectivity index (χ4v) is 2.75. The second kappa shape index (κ2) is 9.00. The van der Waals surface area contributed by atoms with E-state index in [-0.39, 0.29) is 0 Å². The molecule has 1 aliphatic heterocycles. The summed E-state index contributed by atoms with van der Waals surface area (Å²) in [6, 6.07) is 0. The van der Waals surface area contributed by atoms with Crippen molar-refractivity contribution in [3.05, 3.63) is 0 Å². The second-order valence-electron chi connectivity index (χ2n) is 5.25. The first-order valence-corrected chi connectivity index (χ1v) is 7.29. The summed E-state index contributed by atoms with van der Waals surface area (Å²) in [5.74, 6) is 0.872. The first-order valence-electron chi connectivity index (χ1n) is 7.29. The van der Waals surface area contributed by atoms with E-state index in [1.165, 1.54) is 71.0 Å². The maximum atomic E-state index is 5.63. The molecule has 1 aliphatic rings. The van der Waals surface area contributed by atoms with Gasteiger partial charge >= 0.3 is 0 Å². The highest BCUT2D eigenvalue weighted by Gasteiger charge is 2.10. The minimum Gasteiger partial charge on any atom is -0.330 e. The van der Waals surface area contributed by atoms with Crippen molar-refractivity contribution in [1.29, 1.82) is 0 Å². The average molecular weight is 226 g/mol. The van der Waals surface area contributed by atoms with Crippen LogP contribution in [0.15, 0.2) is 0 Å². The van der Waals surface area contributed by atoms with E-state index in [9.17, 15) is 0 Å². The maximum Gasteiger partial charge on any atom is -0.00186 e. The number of hydrogen-bond acceptors (Lipinski definition) is 2. The molecule has 0 aromatic heterocycles. The maximum absolute atomic E-state index is 5.63. The van der Waals surface area contributed by atoms with Crippen LogP contribution in [0.25, 0.3) is 0 Å². The molecule has 0 aromatic carbocycles. The van der Waals surface area contributed by atoms with Crippen LogP contribution in [0.5, 0.6) is 0 Å². The van der Waals surface area contributed by atoms with Crippen molar-refractivity contribution in [1.82, 2.24) is 4.90 Å². The van der Waals surface area contributed by atoms with Crippen LogP contribution >= 0.6 is 0 Å². The van der Waals surface area contributed by atoms with Gasteiger partial charge in [-0.2, -0.15) is 0 Å². The number of hydrogen-bond donors (Lipinski definition) is 1. The van der Waals surface area contributed by atoms with Crippen LogP contribution < -0.4 is 5.73 Å². The van der Waals surface area contributed by atoms with Gasteiger partial charge in [0.05, 0.1) is 0 Å². The van der Waals surface area contributed by atoms with Crippen LogP contribution in [0.3, 0.4) is 0 Å². The molecular weight excluding hydrogens is 196 g/mol. The molecule has 1 fully saturated rings. The molecule has 16 heavy (non-hydrogen) atoms. The van der Waals surface area contributed by atoms with E-state index in [0.717, 1.165) is 12.5 Å². The monoisotopic (exact) mass is 226 g/mol. The van der Waals surface area contributed by atoms with Crippen LogP contribution in [0.2, 0.25) is 0 Å². The van der Waals surface area contributed by atoms with Gasteiger partial charge in [-0.25, -0.2) is 0 Å². The summed E-state index contributed by atoms with van der Waals surface area (Å²) in [5.41, 5.74) is 5.63. The van der Waals surface area contributed by atoms with Crippen LogP contribution in [-0.4, -0.2) is 31.1 Å². The van der Waals surface area contributed by atoms with E-state index in [0.29, 0.717) is 0 Å². The SMILES string of the molecule is CCC(CCN)CCCN1CCCCCC1. The summed E-state index contributed by atoms with van der Waals surface area (Å²) >= 11 is 0. The molecule has 1 heterocycles. The zero-order chi connectivity index (χ0) is 11.6. The first-order chi connectivity index (χ1) is 7.86. The van der Waals surface area contributed by atoms with Gasteiger partial charge in [-0.3, -0.25) is 0 Å². The number of nitrogens with two attached hydrogens (primary N) is 1. The Balaban J connectivity index is 2.08. The lowest BCUT2D eigenvalue weighted by atomic mass is 9.96. The Morgan fingerprint density at radius 2 is 1.75 bits per heavy atom. The summed E-state index contributed by atoms with van der Waals surface area (Å²) in [5, 5.41) is 0. The molecule has 96 valence electrons. The number of rotatable bonds is 7. The lowest BCUT2D eigenvalue weighted by Gasteiger charge is -2.21. The summed E-state index contributed by atoms with van der Waals surface area (Å²) in [4.78, 5) is 2.67. The van der Waals surface area contributed by atoms with Gasteiger partial charge in [0.25, 0.3) is 0 Å². The van der Waals surface area contributed by atoms with E-state index < -0.39 is 0 Å². The predicted octanol–water partition coefficient (Wildman–Crippen LogP) is 3.02. The van der Waals surface area contributed by atoms with Crippen molar-refractivity contribution in [2.24, 2.45) is 11.7 Å². The highest BCUT2D eigenvalue weighted by molar-refractivity contribution is 4.65. The molecule has 2 N–H and O–H groups in total. The molecule has 0 aliphatic carbocycles. The lowest BCUT2D eigenvalue weighted by Crippen LogP contribution is -2.26. The molecule has 0 radical (unpaired) electrons. The number of likely N-dealkylation sites (tertiary alicyclic amines) is 1. The van der Waals surface area contributed by atoms with Crippen LogP contribution in [-0.2, 0) is 0 Å². The molecule has 1 atom stereocenters. The van der Waals surface area contributed by atoms with Crippen LogP contribution in [0, 0.1) is 5.92 Å². The highest BCUT2D eigenvalue weighted by atomic mass is 15.1. The van der Waals surface area contributed by atoms with Crippen LogP contribution in [0.1, 0.15) is 58.3 Å². The zero-order valence-electron chi connectivity index (χ0n) is 11.1. The normalized spacial score (nSPS) is 20.6. The van der Waals surface area contributed by atoms with Crippen molar-refractivity contribution in [2.75, 3.05) is 26.2 Å². The van der Waals surface area contributed by atoms with E-state index in [4.69, 9.17) is 5.73 Å². The third-order valence-corrected chi connectivity index (χ3v) is 3.94. The highest BCUT2D eigenvalue weighted by Crippen LogP contribution is 2.16. The molecule has 0 amide bonds. The largest absolute Gasteiger partial charge is 0.330 e. The van der Waals surface area contributed by atoms with Crippen LogP contribution in [0.4, 0.5) is 0 Å². The molecule has 0 spiro atoms. The van der Waals surface area contributed by atoms with Crippen molar-refractivity contribution in [3.8, 4) is 0 Å². The molecule has 0 bridgehead atoms. The van der Waals surface area contributed by atoms with Gasteiger partial charge in [0.1, 0.15) is 0 Å². The smallest absolute Gasteiger partial charge is 0.00186 e. The van der Waals surface area contributed by atoms with Gasteiger partial charge in [0.15, 0.2) is 0 Å². The molecule has 1 unspecified atom stereocenters. The van der Waals surface area contributed by atoms with E-state index >= 15 is 0 Å². The third-order valence-electron chi connectivity index (χ3n) is 3.94. The Labute approximate surface area is 102 Å². The van der Waals surface area contributed by atoms with Gasteiger partial charge < -0.3 is 10.6 Å². The Bertz CT molecular complexity index is 151. The van der Waals surface area contributed by atoms with E-state index in [1.54, 1.807) is 0 Å². The Hall–Kier alpha value is -0.0800. The summed E-state index contributed by atoms with van der Waals surface area (Å²) in [6.07, 6.45) is 11.0. The molecule has 1 rings (SSSR count). The predicted molar refractivity (Wildman–Crippen MR) is 71.6 cm³/mol. The molecule has 0 saturated carbocycles. The Morgan fingerprint density at radius 3 is 2.31 bits per heavy atom. The molecule has 1 saturated heterocycles. The van der Waals surface area contributed by atoms with Crippen molar-refractivity contribution >= 4 is 0 Å². The van der Waals surface area contributed by atoms with Gasteiger partial charge in [-0.15, -0.1) is 0 Å². The molecular formula is C14H30N2. The molecule has 2 nitrogen and oxygen atoms in total.